The summed E-state index contributed by atoms with van der Waals surface area (Å²) in [5.41, 5.74) is 1.35. The summed E-state index contributed by atoms with van der Waals surface area (Å²) in [7, 11) is 0. The molecule has 0 aliphatic carbocycles. The molecule has 0 N–H and O–H groups in total. The fourth-order valence-electron chi connectivity index (χ4n) is 0.722. The fraction of sp³-hybridized carbons (Fsp3) is 0. The van der Waals surface area contributed by atoms with E-state index >= 15 is 0 Å². The number of rotatable bonds is 1. The molecule has 0 heterocycles. The SMILES string of the molecule is N#Cc1ccc(C=C=O)cc1. The van der Waals surface area contributed by atoms with Crippen LogP contribution in [-0.4, -0.2) is 5.94 Å². The molecular formula is C9H5NO. The number of carbonyl (C=O) groups excluding carboxylic acids is 1. The Hall–Kier alpha value is -1.84. The lowest BCUT2D eigenvalue weighted by Gasteiger charge is -1.88. The highest BCUT2D eigenvalue weighted by Crippen LogP contribution is 2.02. The fourth-order valence-corrected chi connectivity index (χ4v) is 0.722. The van der Waals surface area contributed by atoms with Gasteiger partial charge >= 0.3 is 0 Å². The van der Waals surface area contributed by atoms with E-state index < -0.39 is 0 Å². The molecule has 0 saturated heterocycles. The van der Waals surface area contributed by atoms with E-state index in [4.69, 9.17) is 5.26 Å². The molecule has 52 valence electrons. The first kappa shape index (κ1) is 7.27. The number of hydrogen-bond acceptors (Lipinski definition) is 2. The van der Waals surface area contributed by atoms with Crippen molar-refractivity contribution < 1.29 is 4.79 Å². The zero-order valence-corrected chi connectivity index (χ0v) is 5.74. The van der Waals surface area contributed by atoms with Gasteiger partial charge in [0.25, 0.3) is 0 Å². The minimum atomic E-state index is 0.591. The molecule has 1 aromatic carbocycles. The Bertz CT molecular complexity index is 326. The van der Waals surface area contributed by atoms with Crippen LogP contribution in [0, 0.1) is 11.3 Å². The largest absolute Gasteiger partial charge is 0.233 e. The van der Waals surface area contributed by atoms with Gasteiger partial charge in [-0.1, -0.05) is 12.1 Å². The molecule has 1 aromatic rings. The summed E-state index contributed by atoms with van der Waals surface area (Å²) < 4.78 is 0. The monoisotopic (exact) mass is 143 g/mol. The van der Waals surface area contributed by atoms with Crippen molar-refractivity contribution in [2.24, 2.45) is 0 Å². The average molecular weight is 143 g/mol. The highest BCUT2D eigenvalue weighted by Gasteiger charge is 1.88. The normalized spacial score (nSPS) is 7.91. The smallest absolute Gasteiger partial charge is 0.125 e. The van der Waals surface area contributed by atoms with E-state index in [1.54, 1.807) is 30.2 Å². The van der Waals surface area contributed by atoms with Gasteiger partial charge < -0.3 is 0 Å². The van der Waals surface area contributed by atoms with Gasteiger partial charge in [-0.25, -0.2) is 4.79 Å². The molecule has 0 amide bonds. The third-order valence-corrected chi connectivity index (χ3v) is 1.27. The molecule has 0 aromatic heterocycles. The van der Waals surface area contributed by atoms with E-state index in [1.807, 2.05) is 6.07 Å². The van der Waals surface area contributed by atoms with Crippen molar-refractivity contribution in [3.05, 3.63) is 35.4 Å². The summed E-state index contributed by atoms with van der Waals surface area (Å²) in [5.74, 6) is 1.66. The van der Waals surface area contributed by atoms with Gasteiger partial charge in [-0.05, 0) is 17.7 Å². The molecule has 0 unspecified atom stereocenters. The first-order valence-corrected chi connectivity index (χ1v) is 3.08. The van der Waals surface area contributed by atoms with Crippen molar-refractivity contribution in [1.82, 2.24) is 0 Å². The van der Waals surface area contributed by atoms with Gasteiger partial charge in [-0.2, -0.15) is 5.26 Å². The van der Waals surface area contributed by atoms with Crippen LogP contribution in [0.3, 0.4) is 0 Å². The van der Waals surface area contributed by atoms with Crippen LogP contribution in [-0.2, 0) is 4.79 Å². The zero-order valence-electron chi connectivity index (χ0n) is 5.74. The standard InChI is InChI=1S/C9H5NO/c10-7-9-3-1-8(2-4-9)5-6-11/h1-5H. The van der Waals surface area contributed by atoms with E-state index in [0.29, 0.717) is 5.56 Å². The van der Waals surface area contributed by atoms with Gasteiger partial charge in [-0.3, -0.25) is 0 Å². The van der Waals surface area contributed by atoms with Crippen LogP contribution in [0.2, 0.25) is 0 Å². The van der Waals surface area contributed by atoms with E-state index in [0.717, 1.165) is 5.56 Å². The van der Waals surface area contributed by atoms with Gasteiger partial charge in [0.15, 0.2) is 0 Å². The predicted octanol–water partition coefficient (Wildman–Crippen LogP) is 1.40. The van der Waals surface area contributed by atoms with Crippen molar-refractivity contribution >= 4 is 12.0 Å². The quantitative estimate of drug-likeness (QED) is 0.557. The van der Waals surface area contributed by atoms with E-state index in [1.165, 1.54) is 6.08 Å². The summed E-state index contributed by atoms with van der Waals surface area (Å²) in [4.78, 5) is 9.88. The molecule has 1 rings (SSSR count). The second kappa shape index (κ2) is 3.36. The van der Waals surface area contributed by atoms with Crippen LogP contribution >= 0.6 is 0 Å². The van der Waals surface area contributed by atoms with Crippen molar-refractivity contribution in [3.8, 4) is 6.07 Å². The summed E-state index contributed by atoms with van der Waals surface area (Å²) in [5, 5.41) is 8.42. The Morgan fingerprint density at radius 2 is 1.91 bits per heavy atom. The Labute approximate surface area is 64.4 Å². The van der Waals surface area contributed by atoms with Crippen LogP contribution in [0.15, 0.2) is 24.3 Å². The molecule has 0 fully saturated rings. The Morgan fingerprint density at radius 1 is 1.27 bits per heavy atom. The molecule has 0 aliphatic heterocycles. The third-order valence-electron chi connectivity index (χ3n) is 1.27. The molecule has 2 nitrogen and oxygen atoms in total. The number of hydrogen-bond donors (Lipinski definition) is 0. The molecule has 0 spiro atoms. The minimum Gasteiger partial charge on any atom is -0.233 e. The molecule has 2 heteroatoms. The van der Waals surface area contributed by atoms with Crippen LogP contribution in [0.1, 0.15) is 11.1 Å². The maximum absolute atomic E-state index is 9.88. The predicted molar refractivity (Wildman–Crippen MR) is 41.3 cm³/mol. The lowest BCUT2D eigenvalue weighted by molar-refractivity contribution is 0.570. The number of nitrogens with zero attached hydrogens (tertiary/aromatic N) is 1. The minimum absolute atomic E-state index is 0.591. The van der Waals surface area contributed by atoms with Gasteiger partial charge in [-0.15, -0.1) is 0 Å². The maximum Gasteiger partial charge on any atom is 0.125 e. The first-order chi connectivity index (χ1) is 5.36. The van der Waals surface area contributed by atoms with Crippen LogP contribution in [0.5, 0.6) is 0 Å². The van der Waals surface area contributed by atoms with Crippen LogP contribution in [0.25, 0.3) is 6.08 Å². The Kier molecular flexibility index (Phi) is 2.22. The molecule has 11 heavy (non-hydrogen) atoms. The molecule has 0 aliphatic rings. The maximum atomic E-state index is 9.88. The average Bonchev–Trinajstić information content (AvgIpc) is 2.07. The topological polar surface area (TPSA) is 40.9 Å². The summed E-state index contributed by atoms with van der Waals surface area (Å²) in [6.07, 6.45) is 1.32. The second-order valence-corrected chi connectivity index (χ2v) is 2.00. The summed E-state index contributed by atoms with van der Waals surface area (Å²) in [6.45, 7) is 0. The number of benzene rings is 1. The molecular weight excluding hydrogens is 138 g/mol. The van der Waals surface area contributed by atoms with Crippen molar-refractivity contribution in [3.63, 3.8) is 0 Å². The van der Waals surface area contributed by atoms with E-state index in [9.17, 15) is 4.79 Å². The second-order valence-electron chi connectivity index (χ2n) is 2.00. The van der Waals surface area contributed by atoms with Gasteiger partial charge in [0.1, 0.15) is 5.94 Å². The Balaban J connectivity index is 3.02. The lowest BCUT2D eigenvalue weighted by atomic mass is 10.1. The highest BCUT2D eigenvalue weighted by atomic mass is 16.1. The molecule has 0 radical (unpaired) electrons. The number of nitriles is 1. The lowest BCUT2D eigenvalue weighted by Crippen LogP contribution is -1.74. The molecule has 0 atom stereocenters. The summed E-state index contributed by atoms with van der Waals surface area (Å²) in [6, 6.07) is 8.69. The highest BCUT2D eigenvalue weighted by molar-refractivity contribution is 5.74. The summed E-state index contributed by atoms with van der Waals surface area (Å²) >= 11 is 0. The first-order valence-electron chi connectivity index (χ1n) is 3.08. The van der Waals surface area contributed by atoms with Crippen LogP contribution < -0.4 is 0 Å². The van der Waals surface area contributed by atoms with Crippen molar-refractivity contribution in [2.75, 3.05) is 0 Å². The zero-order chi connectivity index (χ0) is 8.10. The van der Waals surface area contributed by atoms with Gasteiger partial charge in [0, 0.05) is 6.08 Å². The van der Waals surface area contributed by atoms with E-state index in [-0.39, 0.29) is 0 Å². The van der Waals surface area contributed by atoms with Crippen molar-refractivity contribution in [2.45, 2.75) is 0 Å². The molecule has 0 saturated carbocycles. The Morgan fingerprint density at radius 3 is 2.36 bits per heavy atom. The van der Waals surface area contributed by atoms with Crippen LogP contribution in [0.4, 0.5) is 0 Å². The van der Waals surface area contributed by atoms with Gasteiger partial charge in [0.2, 0.25) is 0 Å². The molecule has 0 bridgehead atoms. The van der Waals surface area contributed by atoms with E-state index in [2.05, 4.69) is 0 Å². The van der Waals surface area contributed by atoms with Crippen molar-refractivity contribution in [1.29, 1.82) is 5.26 Å². The van der Waals surface area contributed by atoms with Gasteiger partial charge in [0.05, 0.1) is 11.6 Å². The third kappa shape index (κ3) is 1.79.